The van der Waals surface area contributed by atoms with Crippen molar-refractivity contribution in [3.63, 3.8) is 0 Å². The summed E-state index contributed by atoms with van der Waals surface area (Å²) in [6.07, 6.45) is 3.89. The summed E-state index contributed by atoms with van der Waals surface area (Å²) in [6.45, 7) is 4.94. The molecule has 6 nitrogen and oxygen atoms in total. The van der Waals surface area contributed by atoms with Crippen molar-refractivity contribution in [2.24, 2.45) is 14.1 Å². The van der Waals surface area contributed by atoms with Gasteiger partial charge < -0.3 is 5.32 Å². The van der Waals surface area contributed by atoms with Crippen molar-refractivity contribution in [2.75, 3.05) is 5.32 Å². The molecule has 0 aliphatic heterocycles. The predicted octanol–water partition coefficient (Wildman–Crippen LogP) is 1.28. The third kappa shape index (κ3) is 2.64. The van der Waals surface area contributed by atoms with Crippen LogP contribution < -0.4 is 5.32 Å². The lowest BCUT2D eigenvalue weighted by Crippen LogP contribution is -2.02. The summed E-state index contributed by atoms with van der Waals surface area (Å²) in [6, 6.07) is 0. The summed E-state index contributed by atoms with van der Waals surface area (Å²) in [5.74, 6) is 0.403. The van der Waals surface area contributed by atoms with Gasteiger partial charge in [-0.2, -0.15) is 5.10 Å². The summed E-state index contributed by atoms with van der Waals surface area (Å²) < 4.78 is 3.53. The molecule has 0 aliphatic carbocycles. The van der Waals surface area contributed by atoms with Crippen molar-refractivity contribution in [1.82, 2.24) is 24.8 Å². The van der Waals surface area contributed by atoms with Gasteiger partial charge in [0.1, 0.15) is 5.69 Å². The zero-order chi connectivity index (χ0) is 12.4. The van der Waals surface area contributed by atoms with E-state index in [0.717, 1.165) is 17.1 Å². The van der Waals surface area contributed by atoms with Crippen molar-refractivity contribution in [3.8, 4) is 0 Å². The largest absolute Gasteiger partial charge is 0.376 e. The molecule has 0 unspecified atom stereocenters. The van der Waals surface area contributed by atoms with Crippen molar-refractivity contribution in [1.29, 1.82) is 0 Å². The topological polar surface area (TPSA) is 60.6 Å². The van der Waals surface area contributed by atoms with E-state index >= 15 is 0 Å². The Kier molecular flexibility index (Phi) is 3.12. The zero-order valence-corrected chi connectivity index (χ0v) is 10.7. The van der Waals surface area contributed by atoms with Gasteiger partial charge >= 0.3 is 0 Å². The fourth-order valence-electron chi connectivity index (χ4n) is 1.73. The number of nitrogens with one attached hydrogen (secondary N) is 1. The van der Waals surface area contributed by atoms with E-state index in [1.165, 1.54) is 0 Å². The molecule has 2 aromatic heterocycles. The first-order chi connectivity index (χ1) is 8.06. The van der Waals surface area contributed by atoms with Gasteiger partial charge in [-0.15, -0.1) is 5.10 Å². The van der Waals surface area contributed by atoms with Gasteiger partial charge in [0.2, 0.25) is 0 Å². The maximum absolute atomic E-state index is 4.44. The number of hydrogen-bond donors (Lipinski definition) is 1. The third-order valence-corrected chi connectivity index (χ3v) is 2.51. The van der Waals surface area contributed by atoms with Gasteiger partial charge in [-0.25, -0.2) is 0 Å². The molecule has 1 N–H and O–H groups in total. The molecule has 0 aliphatic rings. The van der Waals surface area contributed by atoms with Gasteiger partial charge in [0, 0.05) is 26.5 Å². The number of rotatable bonds is 4. The Morgan fingerprint density at radius 2 is 2.00 bits per heavy atom. The van der Waals surface area contributed by atoms with E-state index in [1.54, 1.807) is 4.68 Å². The molecular weight excluding hydrogens is 216 g/mol. The number of aryl methyl sites for hydroxylation is 2. The van der Waals surface area contributed by atoms with E-state index in [1.807, 2.05) is 31.2 Å². The van der Waals surface area contributed by atoms with Crippen LogP contribution in [-0.4, -0.2) is 24.8 Å². The Balaban J connectivity index is 2.08. The predicted molar refractivity (Wildman–Crippen MR) is 65.6 cm³/mol. The maximum atomic E-state index is 4.44. The van der Waals surface area contributed by atoms with Crippen LogP contribution in [0.1, 0.15) is 31.2 Å². The van der Waals surface area contributed by atoms with Crippen LogP contribution in [0.3, 0.4) is 0 Å². The van der Waals surface area contributed by atoms with Crippen LogP contribution in [0.15, 0.2) is 12.4 Å². The smallest absolute Gasteiger partial charge is 0.102 e. The molecule has 0 radical (unpaired) electrons. The zero-order valence-electron chi connectivity index (χ0n) is 10.7. The minimum Gasteiger partial charge on any atom is -0.376 e. The highest BCUT2D eigenvalue weighted by molar-refractivity contribution is 5.47. The molecule has 17 heavy (non-hydrogen) atoms. The Labute approximate surface area is 101 Å². The first-order valence-corrected chi connectivity index (χ1v) is 5.69. The first kappa shape index (κ1) is 11.6. The second-order valence-corrected chi connectivity index (χ2v) is 4.49. The van der Waals surface area contributed by atoms with E-state index in [0.29, 0.717) is 12.5 Å². The molecule has 0 amide bonds. The van der Waals surface area contributed by atoms with E-state index in [2.05, 4.69) is 34.6 Å². The molecule has 0 fully saturated rings. The van der Waals surface area contributed by atoms with Crippen LogP contribution in [0.5, 0.6) is 0 Å². The fraction of sp³-hybridized carbons (Fsp3) is 0.545. The second kappa shape index (κ2) is 4.57. The highest BCUT2D eigenvalue weighted by Crippen LogP contribution is 2.22. The summed E-state index contributed by atoms with van der Waals surface area (Å²) in [7, 11) is 3.79. The van der Waals surface area contributed by atoms with Crippen molar-refractivity contribution >= 4 is 5.69 Å². The molecule has 2 heterocycles. The summed E-state index contributed by atoms with van der Waals surface area (Å²) in [5.41, 5.74) is 3.07. The lowest BCUT2D eigenvalue weighted by Gasteiger charge is -2.06. The van der Waals surface area contributed by atoms with E-state index in [9.17, 15) is 0 Å². The van der Waals surface area contributed by atoms with Crippen molar-refractivity contribution in [3.05, 3.63) is 23.8 Å². The Bertz CT molecular complexity index is 496. The molecule has 0 bridgehead atoms. The lowest BCUT2D eigenvalue weighted by atomic mass is 10.1. The Morgan fingerprint density at radius 3 is 2.59 bits per heavy atom. The SMILES string of the molecule is CC(C)c1nn(C)cc1NCc1cn(C)nn1. The van der Waals surface area contributed by atoms with Crippen LogP contribution in [-0.2, 0) is 20.6 Å². The third-order valence-electron chi connectivity index (χ3n) is 2.51. The van der Waals surface area contributed by atoms with Crippen molar-refractivity contribution < 1.29 is 0 Å². The van der Waals surface area contributed by atoms with E-state index in [-0.39, 0.29) is 0 Å². The van der Waals surface area contributed by atoms with Crippen LogP contribution in [0.25, 0.3) is 0 Å². The van der Waals surface area contributed by atoms with Gasteiger partial charge in [0.05, 0.1) is 17.9 Å². The minimum absolute atomic E-state index is 0.403. The summed E-state index contributed by atoms with van der Waals surface area (Å²) >= 11 is 0. The van der Waals surface area contributed by atoms with Gasteiger partial charge in [0.25, 0.3) is 0 Å². The summed E-state index contributed by atoms with van der Waals surface area (Å²) in [5, 5.41) is 15.7. The highest BCUT2D eigenvalue weighted by Gasteiger charge is 2.11. The normalized spacial score (nSPS) is 11.1. The molecule has 2 rings (SSSR count). The van der Waals surface area contributed by atoms with Crippen molar-refractivity contribution in [2.45, 2.75) is 26.3 Å². The van der Waals surface area contributed by atoms with Gasteiger partial charge in [-0.1, -0.05) is 19.1 Å². The second-order valence-electron chi connectivity index (χ2n) is 4.49. The van der Waals surface area contributed by atoms with E-state index in [4.69, 9.17) is 0 Å². The maximum Gasteiger partial charge on any atom is 0.102 e. The van der Waals surface area contributed by atoms with Crippen LogP contribution in [0, 0.1) is 0 Å². The first-order valence-electron chi connectivity index (χ1n) is 5.69. The fourth-order valence-corrected chi connectivity index (χ4v) is 1.73. The van der Waals surface area contributed by atoms with Gasteiger partial charge in [0.15, 0.2) is 0 Å². The van der Waals surface area contributed by atoms with Gasteiger partial charge in [-0.05, 0) is 5.92 Å². The van der Waals surface area contributed by atoms with E-state index < -0.39 is 0 Å². The lowest BCUT2D eigenvalue weighted by molar-refractivity contribution is 0.712. The Morgan fingerprint density at radius 1 is 1.24 bits per heavy atom. The standard InChI is InChI=1S/C11H18N6/c1-8(2)11-10(7-16(3)14-11)12-5-9-6-17(4)15-13-9/h6-8,12H,5H2,1-4H3. The molecule has 0 atom stereocenters. The molecule has 0 saturated carbocycles. The van der Waals surface area contributed by atoms with Gasteiger partial charge in [-0.3, -0.25) is 9.36 Å². The molecule has 0 saturated heterocycles. The highest BCUT2D eigenvalue weighted by atomic mass is 15.4. The number of anilines is 1. The minimum atomic E-state index is 0.403. The number of aromatic nitrogens is 5. The quantitative estimate of drug-likeness (QED) is 0.865. The summed E-state index contributed by atoms with van der Waals surface area (Å²) in [4.78, 5) is 0. The average Bonchev–Trinajstić information content (AvgIpc) is 2.82. The molecule has 6 heteroatoms. The molecule has 0 aromatic carbocycles. The number of nitrogens with zero attached hydrogens (tertiary/aromatic N) is 5. The van der Waals surface area contributed by atoms with Crippen LogP contribution >= 0.6 is 0 Å². The monoisotopic (exact) mass is 234 g/mol. The number of hydrogen-bond acceptors (Lipinski definition) is 4. The van der Waals surface area contributed by atoms with Crippen LogP contribution in [0.4, 0.5) is 5.69 Å². The molecule has 2 aromatic rings. The molecular formula is C11H18N6. The van der Waals surface area contributed by atoms with Crippen LogP contribution in [0.2, 0.25) is 0 Å². The Hall–Kier alpha value is -1.85. The average molecular weight is 234 g/mol. The molecule has 92 valence electrons. The molecule has 0 spiro atoms.